The Labute approximate surface area is 99.8 Å². The minimum Gasteiger partial charge on any atom is -0.380 e. The van der Waals surface area contributed by atoms with Gasteiger partial charge in [0, 0.05) is 24.6 Å². The van der Waals surface area contributed by atoms with Gasteiger partial charge in [0.15, 0.2) is 9.84 Å². The highest BCUT2D eigenvalue weighted by Gasteiger charge is 2.11. The van der Waals surface area contributed by atoms with E-state index in [0.717, 1.165) is 5.56 Å². The predicted molar refractivity (Wildman–Crippen MR) is 65.5 cm³/mol. The van der Waals surface area contributed by atoms with Crippen molar-refractivity contribution in [3.63, 3.8) is 0 Å². The Kier molecular flexibility index (Phi) is 3.14. The molecule has 0 unspecified atom stereocenters. The molecule has 1 aromatic heterocycles. The van der Waals surface area contributed by atoms with Crippen molar-refractivity contribution >= 4 is 15.5 Å². The fourth-order valence-corrected chi connectivity index (χ4v) is 2.37. The molecule has 0 spiro atoms. The van der Waals surface area contributed by atoms with Crippen LogP contribution in [0.1, 0.15) is 5.56 Å². The van der Waals surface area contributed by atoms with E-state index in [-0.39, 0.29) is 0 Å². The zero-order valence-corrected chi connectivity index (χ0v) is 10.2. The molecular formula is C11H13N3O2S. The smallest absolute Gasteiger partial charge is 0.177 e. The van der Waals surface area contributed by atoms with Crippen molar-refractivity contribution in [2.75, 3.05) is 11.6 Å². The number of sulfone groups is 1. The predicted octanol–water partition coefficient (Wildman–Crippen LogP) is 1.43. The summed E-state index contributed by atoms with van der Waals surface area (Å²) in [7, 11) is -3.21. The number of para-hydroxylation sites is 1. The molecule has 2 N–H and O–H groups in total. The van der Waals surface area contributed by atoms with Crippen LogP contribution < -0.4 is 5.32 Å². The third-order valence-corrected chi connectivity index (χ3v) is 3.48. The molecule has 0 saturated carbocycles. The van der Waals surface area contributed by atoms with Crippen LogP contribution in [0.5, 0.6) is 0 Å². The Morgan fingerprint density at radius 2 is 2.12 bits per heavy atom. The number of hydrogen-bond donors (Lipinski definition) is 2. The highest BCUT2D eigenvalue weighted by molar-refractivity contribution is 7.90. The van der Waals surface area contributed by atoms with Gasteiger partial charge in [0.1, 0.15) is 0 Å². The van der Waals surface area contributed by atoms with Crippen LogP contribution in [-0.2, 0) is 16.4 Å². The van der Waals surface area contributed by atoms with Crippen LogP contribution in [0.4, 0.5) is 5.69 Å². The summed E-state index contributed by atoms with van der Waals surface area (Å²) < 4.78 is 23.1. The lowest BCUT2D eigenvalue weighted by Gasteiger charge is -2.09. The van der Waals surface area contributed by atoms with Gasteiger partial charge in [-0.25, -0.2) is 8.42 Å². The highest BCUT2D eigenvalue weighted by atomic mass is 32.2. The van der Waals surface area contributed by atoms with Crippen molar-refractivity contribution in [2.24, 2.45) is 0 Å². The number of benzene rings is 1. The van der Waals surface area contributed by atoms with Gasteiger partial charge in [0.2, 0.25) is 0 Å². The average molecular weight is 251 g/mol. The summed E-state index contributed by atoms with van der Waals surface area (Å²) in [6.45, 7) is 0.531. The Hall–Kier alpha value is -1.82. The minimum atomic E-state index is -3.21. The molecule has 1 heterocycles. The number of rotatable bonds is 4. The summed E-state index contributed by atoms with van der Waals surface area (Å²) in [6, 6.07) is 6.84. The van der Waals surface area contributed by atoms with Gasteiger partial charge in [0.25, 0.3) is 0 Å². The van der Waals surface area contributed by atoms with E-state index in [1.165, 1.54) is 6.26 Å². The standard InChI is InChI=1S/C11H13N3O2S/c1-17(15,16)11-5-3-2-4-10(11)12-6-9-7-13-14-8-9/h2-5,7-8,12H,6H2,1H3,(H,13,14). The van der Waals surface area contributed by atoms with Crippen LogP contribution in [0.15, 0.2) is 41.6 Å². The first-order valence-corrected chi connectivity index (χ1v) is 6.97. The maximum Gasteiger partial charge on any atom is 0.177 e. The monoisotopic (exact) mass is 251 g/mol. The molecule has 0 amide bonds. The molecule has 1 aromatic carbocycles. The fourth-order valence-electron chi connectivity index (χ4n) is 1.51. The Morgan fingerprint density at radius 1 is 1.35 bits per heavy atom. The van der Waals surface area contributed by atoms with E-state index in [1.807, 2.05) is 0 Å². The number of aromatic nitrogens is 2. The molecule has 0 bridgehead atoms. The third-order valence-electron chi connectivity index (χ3n) is 2.32. The minimum absolute atomic E-state index is 0.309. The second kappa shape index (κ2) is 4.58. The normalized spacial score (nSPS) is 11.4. The summed E-state index contributed by atoms with van der Waals surface area (Å²) in [4.78, 5) is 0.309. The maximum absolute atomic E-state index is 11.6. The molecule has 0 saturated heterocycles. The molecule has 90 valence electrons. The van der Waals surface area contributed by atoms with Gasteiger partial charge in [-0.1, -0.05) is 12.1 Å². The third kappa shape index (κ3) is 2.85. The molecule has 5 nitrogen and oxygen atoms in total. The fraction of sp³-hybridized carbons (Fsp3) is 0.182. The Bertz CT molecular complexity index is 591. The van der Waals surface area contributed by atoms with Crippen LogP contribution in [0.2, 0.25) is 0 Å². The summed E-state index contributed by atoms with van der Waals surface area (Å²) >= 11 is 0. The van der Waals surface area contributed by atoms with Crippen LogP contribution in [0.3, 0.4) is 0 Å². The van der Waals surface area contributed by atoms with E-state index in [0.29, 0.717) is 17.1 Å². The van der Waals surface area contributed by atoms with Crippen molar-refractivity contribution in [2.45, 2.75) is 11.4 Å². The highest BCUT2D eigenvalue weighted by Crippen LogP contribution is 2.20. The largest absolute Gasteiger partial charge is 0.380 e. The quantitative estimate of drug-likeness (QED) is 0.862. The number of anilines is 1. The van der Waals surface area contributed by atoms with Gasteiger partial charge < -0.3 is 5.32 Å². The van der Waals surface area contributed by atoms with Crippen molar-refractivity contribution in [1.82, 2.24) is 10.2 Å². The molecule has 17 heavy (non-hydrogen) atoms. The van der Waals surface area contributed by atoms with E-state index in [4.69, 9.17) is 0 Å². The van der Waals surface area contributed by atoms with Crippen molar-refractivity contribution in [3.8, 4) is 0 Å². The SMILES string of the molecule is CS(=O)(=O)c1ccccc1NCc1cn[nH]c1. The van der Waals surface area contributed by atoms with Gasteiger partial charge in [-0.3, -0.25) is 5.10 Å². The second-order valence-electron chi connectivity index (χ2n) is 3.73. The van der Waals surface area contributed by atoms with Crippen LogP contribution in [0.25, 0.3) is 0 Å². The Morgan fingerprint density at radius 3 is 2.76 bits per heavy atom. The topological polar surface area (TPSA) is 74.8 Å². The zero-order chi connectivity index (χ0) is 12.3. The van der Waals surface area contributed by atoms with Gasteiger partial charge >= 0.3 is 0 Å². The summed E-state index contributed by atoms with van der Waals surface area (Å²) in [5.41, 5.74) is 1.57. The van der Waals surface area contributed by atoms with Crippen molar-refractivity contribution in [3.05, 3.63) is 42.2 Å². The van der Waals surface area contributed by atoms with Crippen LogP contribution >= 0.6 is 0 Å². The maximum atomic E-state index is 11.6. The molecule has 0 aliphatic rings. The van der Waals surface area contributed by atoms with E-state index < -0.39 is 9.84 Å². The molecule has 0 radical (unpaired) electrons. The Balaban J connectivity index is 2.22. The molecule has 2 rings (SSSR count). The molecule has 2 aromatic rings. The van der Waals surface area contributed by atoms with Gasteiger partial charge in [0.05, 0.1) is 16.8 Å². The number of hydrogen-bond acceptors (Lipinski definition) is 4. The summed E-state index contributed by atoms with van der Waals surface area (Å²) in [6.07, 6.45) is 4.65. The number of nitrogens with one attached hydrogen (secondary N) is 2. The molecule has 6 heteroatoms. The van der Waals surface area contributed by atoms with Gasteiger partial charge in [-0.05, 0) is 12.1 Å². The van der Waals surface area contributed by atoms with Crippen molar-refractivity contribution in [1.29, 1.82) is 0 Å². The molecule has 0 aliphatic carbocycles. The lowest BCUT2D eigenvalue weighted by molar-refractivity contribution is 0.602. The molecular weight excluding hydrogens is 238 g/mol. The van der Waals surface area contributed by atoms with Crippen LogP contribution in [-0.4, -0.2) is 24.9 Å². The van der Waals surface area contributed by atoms with E-state index in [1.54, 1.807) is 36.7 Å². The zero-order valence-electron chi connectivity index (χ0n) is 9.34. The first-order valence-electron chi connectivity index (χ1n) is 5.08. The van der Waals surface area contributed by atoms with E-state index >= 15 is 0 Å². The second-order valence-corrected chi connectivity index (χ2v) is 5.71. The van der Waals surface area contributed by atoms with Gasteiger partial charge in [-0.2, -0.15) is 5.10 Å². The van der Waals surface area contributed by atoms with Crippen LogP contribution in [0, 0.1) is 0 Å². The first kappa shape index (κ1) is 11.7. The molecule has 0 atom stereocenters. The average Bonchev–Trinajstić information content (AvgIpc) is 2.78. The van der Waals surface area contributed by atoms with E-state index in [2.05, 4.69) is 15.5 Å². The lowest BCUT2D eigenvalue weighted by Crippen LogP contribution is -2.05. The molecule has 0 fully saturated rings. The molecule has 0 aliphatic heterocycles. The number of nitrogens with zero attached hydrogens (tertiary/aromatic N) is 1. The number of aromatic amines is 1. The first-order chi connectivity index (χ1) is 8.07. The summed E-state index contributed by atoms with van der Waals surface area (Å²) in [5.74, 6) is 0. The van der Waals surface area contributed by atoms with E-state index in [9.17, 15) is 8.42 Å². The van der Waals surface area contributed by atoms with Crippen molar-refractivity contribution < 1.29 is 8.42 Å². The summed E-state index contributed by atoms with van der Waals surface area (Å²) in [5, 5.41) is 9.61. The lowest BCUT2D eigenvalue weighted by atomic mass is 10.3. The number of H-pyrrole nitrogens is 1. The van der Waals surface area contributed by atoms with Gasteiger partial charge in [-0.15, -0.1) is 0 Å².